The number of hydrogen-bond donors (Lipinski definition) is 1. The fourth-order valence-electron chi connectivity index (χ4n) is 3.71. The van der Waals surface area contributed by atoms with Gasteiger partial charge in [0.15, 0.2) is 5.82 Å². The van der Waals surface area contributed by atoms with Crippen molar-refractivity contribution in [1.82, 2.24) is 25.3 Å². The summed E-state index contributed by atoms with van der Waals surface area (Å²) in [7, 11) is 0. The molecular weight excluding hydrogens is 394 g/mol. The molecule has 1 N–H and O–H groups in total. The second kappa shape index (κ2) is 9.97. The lowest BCUT2D eigenvalue weighted by molar-refractivity contribution is -0.121. The van der Waals surface area contributed by atoms with Gasteiger partial charge in [0.25, 0.3) is 5.91 Å². The maximum absolute atomic E-state index is 12.8. The molecule has 1 aromatic carbocycles. The molecule has 1 saturated heterocycles. The Balaban J connectivity index is 1.27. The van der Waals surface area contributed by atoms with Crippen LogP contribution in [0.25, 0.3) is 0 Å². The smallest absolute Gasteiger partial charge is 0.254 e. The van der Waals surface area contributed by atoms with E-state index in [1.54, 1.807) is 11.1 Å². The van der Waals surface area contributed by atoms with E-state index < -0.39 is 0 Å². The number of amides is 2. The molecule has 8 nitrogen and oxygen atoms in total. The first-order chi connectivity index (χ1) is 15.2. The average molecular weight is 419 g/mol. The van der Waals surface area contributed by atoms with Crippen molar-refractivity contribution < 1.29 is 14.1 Å². The molecule has 1 fully saturated rings. The van der Waals surface area contributed by atoms with Crippen LogP contribution in [-0.4, -0.2) is 44.9 Å². The zero-order chi connectivity index (χ0) is 21.5. The summed E-state index contributed by atoms with van der Waals surface area (Å²) in [6.45, 7) is 1.20. The van der Waals surface area contributed by atoms with E-state index >= 15 is 0 Å². The summed E-state index contributed by atoms with van der Waals surface area (Å²) in [5.74, 6) is 0.820. The Morgan fingerprint density at radius 3 is 2.74 bits per heavy atom. The SMILES string of the molecule is O=C(CCc1nc(C2CCCN2C(=O)c2ccccc2)no1)NCCc1ccccn1. The van der Waals surface area contributed by atoms with E-state index in [4.69, 9.17) is 4.52 Å². The van der Waals surface area contributed by atoms with Crippen molar-refractivity contribution in [3.63, 3.8) is 0 Å². The summed E-state index contributed by atoms with van der Waals surface area (Å²) in [6.07, 6.45) is 4.74. The normalized spacial score (nSPS) is 15.7. The largest absolute Gasteiger partial charge is 0.356 e. The quantitative estimate of drug-likeness (QED) is 0.602. The van der Waals surface area contributed by atoms with Gasteiger partial charge in [-0.05, 0) is 37.1 Å². The zero-order valence-corrected chi connectivity index (χ0v) is 17.2. The Kier molecular flexibility index (Phi) is 6.66. The number of likely N-dealkylation sites (tertiary alicyclic amines) is 1. The molecule has 2 amide bonds. The van der Waals surface area contributed by atoms with Crippen molar-refractivity contribution in [2.45, 2.75) is 38.1 Å². The lowest BCUT2D eigenvalue weighted by atomic mass is 10.1. The molecule has 4 rings (SSSR count). The highest BCUT2D eigenvalue weighted by Gasteiger charge is 2.33. The molecule has 1 aliphatic heterocycles. The van der Waals surface area contributed by atoms with Gasteiger partial charge in [0, 0.05) is 49.8 Å². The fraction of sp³-hybridized carbons (Fsp3) is 0.348. The van der Waals surface area contributed by atoms with Crippen molar-refractivity contribution in [2.75, 3.05) is 13.1 Å². The predicted molar refractivity (Wildman–Crippen MR) is 113 cm³/mol. The summed E-state index contributed by atoms with van der Waals surface area (Å²) in [4.78, 5) is 35.4. The Bertz CT molecular complexity index is 1010. The van der Waals surface area contributed by atoms with Gasteiger partial charge in [0.1, 0.15) is 0 Å². The first kappa shape index (κ1) is 20.7. The minimum absolute atomic E-state index is 0.0262. The fourth-order valence-corrected chi connectivity index (χ4v) is 3.71. The molecule has 1 aliphatic rings. The van der Waals surface area contributed by atoms with Gasteiger partial charge in [0.05, 0.1) is 6.04 Å². The molecular formula is C23H25N5O3. The highest BCUT2D eigenvalue weighted by molar-refractivity contribution is 5.94. The van der Waals surface area contributed by atoms with Crippen LogP contribution in [0.3, 0.4) is 0 Å². The Morgan fingerprint density at radius 1 is 1.10 bits per heavy atom. The van der Waals surface area contributed by atoms with Gasteiger partial charge in [-0.15, -0.1) is 0 Å². The first-order valence-electron chi connectivity index (χ1n) is 10.6. The Morgan fingerprint density at radius 2 is 1.94 bits per heavy atom. The maximum Gasteiger partial charge on any atom is 0.254 e. The number of nitrogens with zero attached hydrogens (tertiary/aromatic N) is 4. The van der Waals surface area contributed by atoms with E-state index in [9.17, 15) is 9.59 Å². The van der Waals surface area contributed by atoms with E-state index in [1.807, 2.05) is 48.5 Å². The summed E-state index contributed by atoms with van der Waals surface area (Å²) in [5, 5.41) is 6.97. The van der Waals surface area contributed by atoms with Gasteiger partial charge < -0.3 is 14.7 Å². The number of aromatic nitrogens is 3. The summed E-state index contributed by atoms with van der Waals surface area (Å²) < 4.78 is 5.35. The number of hydrogen-bond acceptors (Lipinski definition) is 6. The van der Waals surface area contributed by atoms with Crippen molar-refractivity contribution in [1.29, 1.82) is 0 Å². The summed E-state index contributed by atoms with van der Waals surface area (Å²) >= 11 is 0. The number of carbonyl (C=O) groups excluding carboxylic acids is 2. The van der Waals surface area contributed by atoms with Crippen LogP contribution < -0.4 is 5.32 Å². The number of aryl methyl sites for hydroxylation is 1. The van der Waals surface area contributed by atoms with Gasteiger partial charge in [-0.3, -0.25) is 14.6 Å². The van der Waals surface area contributed by atoms with Crippen LogP contribution in [0, 0.1) is 0 Å². The van der Waals surface area contributed by atoms with Crippen LogP contribution >= 0.6 is 0 Å². The second-order valence-corrected chi connectivity index (χ2v) is 7.49. The number of nitrogens with one attached hydrogen (secondary N) is 1. The van der Waals surface area contributed by atoms with E-state index in [0.29, 0.717) is 43.2 Å². The van der Waals surface area contributed by atoms with Crippen LogP contribution in [0.15, 0.2) is 59.3 Å². The molecule has 1 unspecified atom stereocenters. The molecule has 31 heavy (non-hydrogen) atoms. The van der Waals surface area contributed by atoms with Crippen LogP contribution in [0.5, 0.6) is 0 Å². The third-order valence-electron chi connectivity index (χ3n) is 5.31. The van der Waals surface area contributed by atoms with Crippen LogP contribution in [0.2, 0.25) is 0 Å². The first-order valence-corrected chi connectivity index (χ1v) is 10.6. The minimum Gasteiger partial charge on any atom is -0.356 e. The molecule has 0 bridgehead atoms. The third-order valence-corrected chi connectivity index (χ3v) is 5.31. The number of rotatable bonds is 8. The van der Waals surface area contributed by atoms with Crippen molar-refractivity contribution >= 4 is 11.8 Å². The average Bonchev–Trinajstić information content (AvgIpc) is 3.48. The monoisotopic (exact) mass is 419 g/mol. The summed E-state index contributed by atoms with van der Waals surface area (Å²) in [6, 6.07) is 14.7. The van der Waals surface area contributed by atoms with Crippen LogP contribution in [-0.2, 0) is 17.6 Å². The highest BCUT2D eigenvalue weighted by Crippen LogP contribution is 2.31. The molecule has 160 valence electrons. The third kappa shape index (κ3) is 5.33. The molecule has 1 atom stereocenters. The van der Waals surface area contributed by atoms with E-state index in [0.717, 1.165) is 18.5 Å². The molecule has 0 saturated carbocycles. The lowest BCUT2D eigenvalue weighted by Gasteiger charge is -2.22. The van der Waals surface area contributed by atoms with E-state index in [2.05, 4.69) is 20.4 Å². The van der Waals surface area contributed by atoms with Gasteiger partial charge in [-0.1, -0.05) is 29.4 Å². The highest BCUT2D eigenvalue weighted by atomic mass is 16.5. The summed E-state index contributed by atoms with van der Waals surface area (Å²) in [5.41, 5.74) is 1.59. The lowest BCUT2D eigenvalue weighted by Crippen LogP contribution is -2.31. The molecule has 2 aromatic heterocycles. The second-order valence-electron chi connectivity index (χ2n) is 7.49. The van der Waals surface area contributed by atoms with Gasteiger partial charge in [-0.2, -0.15) is 4.98 Å². The van der Waals surface area contributed by atoms with E-state index in [1.165, 1.54) is 0 Å². The zero-order valence-electron chi connectivity index (χ0n) is 17.2. The molecule has 8 heteroatoms. The van der Waals surface area contributed by atoms with Crippen molar-refractivity contribution in [3.05, 3.63) is 77.7 Å². The van der Waals surface area contributed by atoms with E-state index in [-0.39, 0.29) is 24.3 Å². The molecule has 0 radical (unpaired) electrons. The molecule has 3 heterocycles. The molecule has 0 spiro atoms. The minimum atomic E-state index is -0.197. The topological polar surface area (TPSA) is 101 Å². The Hall–Kier alpha value is -3.55. The number of benzene rings is 1. The number of carbonyl (C=O) groups is 2. The van der Waals surface area contributed by atoms with Crippen molar-refractivity contribution in [3.8, 4) is 0 Å². The van der Waals surface area contributed by atoms with Gasteiger partial charge in [0.2, 0.25) is 11.8 Å². The van der Waals surface area contributed by atoms with Crippen LogP contribution in [0.1, 0.15) is 53.1 Å². The number of pyridine rings is 1. The molecule has 3 aromatic rings. The maximum atomic E-state index is 12.8. The standard InChI is InChI=1S/C23H25N5O3/c29-20(25-15-13-18-9-4-5-14-24-18)11-12-21-26-22(27-31-21)19-10-6-16-28(19)23(30)17-7-2-1-3-8-17/h1-5,7-9,14,19H,6,10-13,15-16H2,(H,25,29). The Labute approximate surface area is 180 Å². The van der Waals surface area contributed by atoms with Crippen LogP contribution in [0.4, 0.5) is 0 Å². The molecule has 0 aliphatic carbocycles. The van der Waals surface area contributed by atoms with Gasteiger partial charge >= 0.3 is 0 Å². The predicted octanol–water partition coefficient (Wildman–Crippen LogP) is 2.73. The van der Waals surface area contributed by atoms with Crippen molar-refractivity contribution in [2.24, 2.45) is 0 Å². The van der Waals surface area contributed by atoms with Gasteiger partial charge in [-0.25, -0.2) is 0 Å².